The fraction of sp³-hybridized carbons (Fsp3) is 0.818. The third kappa shape index (κ3) is 4.61. The number of nitrogens with zero attached hydrogens (tertiary/aromatic N) is 1. The van der Waals surface area contributed by atoms with Crippen LogP contribution in [0.2, 0.25) is 0 Å². The van der Waals surface area contributed by atoms with Crippen LogP contribution in [0, 0.1) is 5.92 Å². The van der Waals surface area contributed by atoms with Crippen molar-refractivity contribution in [3.8, 4) is 0 Å². The molecule has 0 aromatic carbocycles. The smallest absolute Gasteiger partial charge is 0.410 e. The van der Waals surface area contributed by atoms with Crippen LogP contribution in [0.15, 0.2) is 0 Å². The van der Waals surface area contributed by atoms with E-state index in [4.69, 9.17) is 9.47 Å². The van der Waals surface area contributed by atoms with Crippen molar-refractivity contribution in [2.75, 3.05) is 19.3 Å². The van der Waals surface area contributed by atoms with Crippen molar-refractivity contribution < 1.29 is 19.1 Å². The summed E-state index contributed by atoms with van der Waals surface area (Å²) >= 11 is 5.03. The number of ether oxygens (including phenoxy) is 2. The quantitative estimate of drug-likeness (QED) is 0.492. The van der Waals surface area contributed by atoms with E-state index in [1.165, 1.54) is 11.8 Å². The van der Waals surface area contributed by atoms with E-state index in [1.807, 2.05) is 27.0 Å². The summed E-state index contributed by atoms with van der Waals surface area (Å²) in [5, 5.41) is -0.593. The predicted molar refractivity (Wildman–Crippen MR) is 74.1 cm³/mol. The van der Waals surface area contributed by atoms with Gasteiger partial charge in [-0.15, -0.1) is 11.8 Å². The molecule has 0 spiro atoms. The second kappa shape index (κ2) is 6.06. The van der Waals surface area contributed by atoms with Gasteiger partial charge in [0.15, 0.2) is 5.44 Å². The van der Waals surface area contributed by atoms with Gasteiger partial charge in [-0.05, 0) is 27.0 Å². The summed E-state index contributed by atoms with van der Waals surface area (Å²) in [6.45, 7) is 6.57. The molecular formula is C11H19NO4S2. The minimum Gasteiger partial charge on any atom is -0.444 e. The molecule has 1 amide bonds. The molecule has 0 N–H and O–H groups in total. The van der Waals surface area contributed by atoms with Crippen LogP contribution >= 0.6 is 24.4 Å². The lowest BCUT2D eigenvalue weighted by Crippen LogP contribution is -2.55. The van der Waals surface area contributed by atoms with Crippen LogP contribution in [0.25, 0.3) is 0 Å². The minimum absolute atomic E-state index is 0.142. The van der Waals surface area contributed by atoms with Gasteiger partial charge in [-0.3, -0.25) is 0 Å². The lowest BCUT2D eigenvalue weighted by molar-refractivity contribution is -0.0147. The van der Waals surface area contributed by atoms with Gasteiger partial charge in [0, 0.05) is 19.0 Å². The topological polar surface area (TPSA) is 55.8 Å². The van der Waals surface area contributed by atoms with E-state index in [0.717, 1.165) is 0 Å². The average molecular weight is 293 g/mol. The van der Waals surface area contributed by atoms with E-state index < -0.39 is 10.9 Å². The van der Waals surface area contributed by atoms with Crippen molar-refractivity contribution in [3.05, 3.63) is 0 Å². The number of thioether (sulfide) groups is 1. The van der Waals surface area contributed by atoms with E-state index in [1.54, 1.807) is 4.90 Å². The number of carbonyl (C=O) groups is 2. The van der Waals surface area contributed by atoms with Crippen LogP contribution in [0.4, 0.5) is 9.59 Å². The zero-order valence-electron chi connectivity index (χ0n) is 11.0. The monoisotopic (exact) mass is 293 g/mol. The molecule has 1 heterocycles. The van der Waals surface area contributed by atoms with Gasteiger partial charge in [0.2, 0.25) is 0 Å². The summed E-state index contributed by atoms with van der Waals surface area (Å²) in [7, 11) is 0. The highest BCUT2D eigenvalue weighted by atomic mass is 32.2. The largest absolute Gasteiger partial charge is 0.444 e. The van der Waals surface area contributed by atoms with Crippen LogP contribution in [-0.2, 0) is 9.47 Å². The number of amides is 1. The van der Waals surface area contributed by atoms with E-state index in [0.29, 0.717) is 13.1 Å². The molecule has 7 heteroatoms. The zero-order chi connectivity index (χ0) is 13.9. The summed E-state index contributed by atoms with van der Waals surface area (Å²) in [5.74, 6) is 0.142. The van der Waals surface area contributed by atoms with E-state index in [2.05, 4.69) is 12.6 Å². The summed E-state index contributed by atoms with van der Waals surface area (Å²) in [6, 6.07) is 0. The molecule has 104 valence electrons. The Morgan fingerprint density at radius 1 is 1.39 bits per heavy atom. The third-order valence-electron chi connectivity index (χ3n) is 2.40. The van der Waals surface area contributed by atoms with E-state index in [9.17, 15) is 9.59 Å². The molecule has 5 nitrogen and oxygen atoms in total. The summed E-state index contributed by atoms with van der Waals surface area (Å²) in [4.78, 5) is 24.1. The Hall–Kier alpha value is -0.560. The Morgan fingerprint density at radius 2 is 1.94 bits per heavy atom. The van der Waals surface area contributed by atoms with Crippen LogP contribution in [0.5, 0.6) is 0 Å². The average Bonchev–Trinajstić information content (AvgIpc) is 2.09. The molecule has 0 bridgehead atoms. The van der Waals surface area contributed by atoms with E-state index in [-0.39, 0.29) is 17.4 Å². The van der Waals surface area contributed by atoms with Gasteiger partial charge >= 0.3 is 11.4 Å². The van der Waals surface area contributed by atoms with Crippen molar-refractivity contribution in [1.29, 1.82) is 0 Å². The highest BCUT2D eigenvalue weighted by molar-refractivity contribution is 7.99. The first-order valence-corrected chi connectivity index (χ1v) is 7.36. The first kappa shape index (κ1) is 15.5. The number of carbonyl (C=O) groups excluding carboxylic acids is 2. The van der Waals surface area contributed by atoms with Crippen molar-refractivity contribution in [3.63, 3.8) is 0 Å². The maximum atomic E-state index is 11.7. The molecule has 0 radical (unpaired) electrons. The molecular weight excluding hydrogens is 274 g/mol. The summed E-state index contributed by atoms with van der Waals surface area (Å²) in [5.41, 5.74) is -0.743. The van der Waals surface area contributed by atoms with Crippen LogP contribution in [0.1, 0.15) is 20.8 Å². The molecule has 1 fully saturated rings. The molecule has 0 aromatic rings. The normalized spacial score (nSPS) is 17.9. The first-order chi connectivity index (χ1) is 8.23. The Labute approximate surface area is 117 Å². The zero-order valence-corrected chi connectivity index (χ0v) is 12.7. The second-order valence-corrected chi connectivity index (χ2v) is 6.43. The van der Waals surface area contributed by atoms with Crippen LogP contribution in [0.3, 0.4) is 0 Å². The summed E-state index contributed by atoms with van der Waals surface area (Å²) < 4.78 is 10.3. The van der Waals surface area contributed by atoms with Gasteiger partial charge in [-0.1, -0.05) is 12.6 Å². The molecule has 1 rings (SSSR count). The molecule has 1 saturated heterocycles. The maximum absolute atomic E-state index is 11.7. The lowest BCUT2D eigenvalue weighted by atomic mass is 10.0. The second-order valence-electron chi connectivity index (χ2n) is 5.13. The number of hydrogen-bond acceptors (Lipinski definition) is 5. The van der Waals surface area contributed by atoms with Gasteiger partial charge in [-0.2, -0.15) is 0 Å². The van der Waals surface area contributed by atoms with Crippen LogP contribution in [-0.4, -0.2) is 46.7 Å². The maximum Gasteiger partial charge on any atom is 0.410 e. The molecule has 0 aromatic heterocycles. The molecule has 1 atom stereocenters. The van der Waals surface area contributed by atoms with Gasteiger partial charge < -0.3 is 14.4 Å². The Bertz CT molecular complexity index is 323. The molecule has 1 aliphatic rings. The fourth-order valence-corrected chi connectivity index (χ4v) is 2.52. The number of hydrogen-bond donors (Lipinski definition) is 1. The number of likely N-dealkylation sites (tertiary alicyclic amines) is 1. The van der Waals surface area contributed by atoms with Crippen molar-refractivity contribution in [2.45, 2.75) is 31.8 Å². The van der Waals surface area contributed by atoms with Gasteiger partial charge in [-0.25, -0.2) is 9.59 Å². The highest BCUT2D eigenvalue weighted by Crippen LogP contribution is 2.29. The van der Waals surface area contributed by atoms with Crippen molar-refractivity contribution in [1.82, 2.24) is 4.90 Å². The highest BCUT2D eigenvalue weighted by Gasteiger charge is 2.39. The molecule has 0 saturated carbocycles. The Morgan fingerprint density at radius 3 is 2.33 bits per heavy atom. The SMILES string of the molecule is CSC(OC(=O)S)C1CN(C(=O)OC(C)(C)C)C1. The van der Waals surface area contributed by atoms with E-state index >= 15 is 0 Å². The van der Waals surface area contributed by atoms with Crippen molar-refractivity contribution in [2.24, 2.45) is 5.92 Å². The molecule has 1 aliphatic heterocycles. The lowest BCUT2D eigenvalue weighted by Gasteiger charge is -2.42. The number of thiol groups is 1. The first-order valence-electron chi connectivity index (χ1n) is 5.63. The van der Waals surface area contributed by atoms with Crippen molar-refractivity contribution >= 4 is 35.8 Å². The van der Waals surface area contributed by atoms with Gasteiger partial charge in [0.05, 0.1) is 0 Å². The Kier molecular flexibility index (Phi) is 5.21. The standard InChI is InChI=1S/C11H19NO4S2/c1-11(2,3)16-9(13)12-5-7(6-12)8(18-4)15-10(14)17/h7-8H,5-6H2,1-4H3,(H,14,17). The molecule has 0 aliphatic carbocycles. The Balaban J connectivity index is 2.38. The van der Waals surface area contributed by atoms with Gasteiger partial charge in [0.25, 0.3) is 0 Å². The van der Waals surface area contributed by atoms with Crippen LogP contribution < -0.4 is 0 Å². The fourth-order valence-electron chi connectivity index (χ4n) is 1.60. The predicted octanol–water partition coefficient (Wildman–Crippen LogP) is 2.61. The van der Waals surface area contributed by atoms with Gasteiger partial charge in [0.1, 0.15) is 5.60 Å². The minimum atomic E-state index is -0.593. The summed E-state index contributed by atoms with van der Waals surface area (Å²) in [6.07, 6.45) is 1.54. The molecule has 1 unspecified atom stereocenters. The third-order valence-corrected chi connectivity index (χ3v) is 3.45. The molecule has 18 heavy (non-hydrogen) atoms. The number of rotatable bonds is 3.